The van der Waals surface area contributed by atoms with Crippen molar-refractivity contribution in [1.82, 2.24) is 9.88 Å². The number of methoxy groups -OCH3 is 1. The first kappa shape index (κ1) is 13.5. The van der Waals surface area contributed by atoms with Crippen molar-refractivity contribution in [3.63, 3.8) is 0 Å². The third-order valence-corrected chi connectivity index (χ3v) is 4.00. The molecule has 0 aliphatic carbocycles. The van der Waals surface area contributed by atoms with Crippen LogP contribution in [0.4, 0.5) is 0 Å². The van der Waals surface area contributed by atoms with E-state index in [1.807, 2.05) is 17.2 Å². The van der Waals surface area contributed by atoms with E-state index in [0.717, 1.165) is 23.7 Å². The fourth-order valence-electron chi connectivity index (χ4n) is 2.29. The first-order valence-corrected chi connectivity index (χ1v) is 6.89. The normalized spacial score (nSPS) is 24.4. The molecule has 1 saturated heterocycles. The summed E-state index contributed by atoms with van der Waals surface area (Å²) in [5, 5.41) is 12.7. The Bertz CT molecular complexity index is 421. The number of carbonyl (C=O) groups is 1. The Balaban J connectivity index is 1.92. The summed E-state index contributed by atoms with van der Waals surface area (Å²) in [5.74, 6) is -0.263. The lowest BCUT2D eigenvalue weighted by Crippen LogP contribution is -2.38. The molecule has 2 atom stereocenters. The number of hydrogen-bond donors (Lipinski definition) is 1. The van der Waals surface area contributed by atoms with E-state index in [-0.39, 0.29) is 12.0 Å². The van der Waals surface area contributed by atoms with Gasteiger partial charge in [-0.15, -0.1) is 11.3 Å². The second-order valence-electron chi connectivity index (χ2n) is 4.53. The largest absolute Gasteiger partial charge is 0.468 e. The van der Waals surface area contributed by atoms with Crippen LogP contribution in [-0.2, 0) is 16.0 Å². The lowest BCUT2D eigenvalue weighted by Gasteiger charge is -2.21. The van der Waals surface area contributed by atoms with Gasteiger partial charge in [-0.25, -0.2) is 4.98 Å². The third-order valence-electron chi connectivity index (χ3n) is 3.18. The fourth-order valence-corrected chi connectivity index (χ4v) is 2.94. The van der Waals surface area contributed by atoms with Crippen molar-refractivity contribution in [2.75, 3.05) is 20.2 Å². The molecular formula is C12H18N2O3S. The van der Waals surface area contributed by atoms with Gasteiger partial charge in [-0.2, -0.15) is 0 Å². The standard InChI is InChI=1S/C12H18N2O3S/c1-8-13-9(7-18-8)3-4-14-6-10(15)5-11(14)12(16)17-2/h7,10-11,15H,3-6H2,1-2H3/t10-,11+/m1/s1. The van der Waals surface area contributed by atoms with Crippen LogP contribution in [-0.4, -0.2) is 53.3 Å². The summed E-state index contributed by atoms with van der Waals surface area (Å²) in [5.41, 5.74) is 1.04. The molecular weight excluding hydrogens is 252 g/mol. The molecule has 1 fully saturated rings. The van der Waals surface area contributed by atoms with Crippen molar-refractivity contribution in [3.05, 3.63) is 16.1 Å². The second-order valence-corrected chi connectivity index (χ2v) is 5.59. The minimum atomic E-state index is -0.439. The molecule has 2 rings (SSSR count). The highest BCUT2D eigenvalue weighted by Crippen LogP contribution is 2.19. The number of hydrogen-bond acceptors (Lipinski definition) is 6. The molecule has 2 heterocycles. The van der Waals surface area contributed by atoms with Crippen LogP contribution in [0.3, 0.4) is 0 Å². The van der Waals surface area contributed by atoms with Gasteiger partial charge in [0.15, 0.2) is 0 Å². The predicted octanol–water partition coefficient (Wildman–Crippen LogP) is 0.602. The Hall–Kier alpha value is -0.980. The Morgan fingerprint density at radius 1 is 1.72 bits per heavy atom. The zero-order valence-electron chi connectivity index (χ0n) is 10.6. The number of thiazole rings is 1. The van der Waals surface area contributed by atoms with Crippen LogP contribution in [0.5, 0.6) is 0 Å². The van der Waals surface area contributed by atoms with Crippen LogP contribution < -0.4 is 0 Å². The Labute approximate surface area is 110 Å². The number of likely N-dealkylation sites (tertiary alicyclic amines) is 1. The van der Waals surface area contributed by atoms with E-state index >= 15 is 0 Å². The molecule has 0 spiro atoms. The Kier molecular flexibility index (Phi) is 4.31. The van der Waals surface area contributed by atoms with E-state index in [1.165, 1.54) is 7.11 Å². The van der Waals surface area contributed by atoms with Crippen LogP contribution in [0.15, 0.2) is 5.38 Å². The molecule has 18 heavy (non-hydrogen) atoms. The van der Waals surface area contributed by atoms with Gasteiger partial charge in [0, 0.05) is 31.3 Å². The van der Waals surface area contributed by atoms with Gasteiger partial charge in [0.1, 0.15) is 6.04 Å². The number of ether oxygens (including phenoxy) is 1. The van der Waals surface area contributed by atoms with Gasteiger partial charge in [0.05, 0.1) is 23.9 Å². The number of esters is 1. The van der Waals surface area contributed by atoms with Gasteiger partial charge >= 0.3 is 5.97 Å². The van der Waals surface area contributed by atoms with Crippen molar-refractivity contribution >= 4 is 17.3 Å². The summed E-state index contributed by atoms with van der Waals surface area (Å²) in [4.78, 5) is 18.0. The molecule has 0 saturated carbocycles. The molecule has 0 bridgehead atoms. The average molecular weight is 270 g/mol. The first-order chi connectivity index (χ1) is 8.60. The number of aryl methyl sites for hydroxylation is 1. The van der Waals surface area contributed by atoms with Gasteiger partial charge in [0.25, 0.3) is 0 Å². The predicted molar refractivity (Wildman–Crippen MR) is 68.6 cm³/mol. The van der Waals surface area contributed by atoms with Crippen LogP contribution in [0, 0.1) is 6.92 Å². The average Bonchev–Trinajstić information content (AvgIpc) is 2.92. The molecule has 1 aromatic rings. The highest BCUT2D eigenvalue weighted by molar-refractivity contribution is 7.09. The summed E-state index contributed by atoms with van der Waals surface area (Å²) in [6, 6.07) is -0.315. The number of nitrogens with zero attached hydrogens (tertiary/aromatic N) is 2. The number of aliphatic hydroxyl groups is 1. The van der Waals surface area contributed by atoms with E-state index in [4.69, 9.17) is 4.74 Å². The molecule has 1 aromatic heterocycles. The fraction of sp³-hybridized carbons (Fsp3) is 0.667. The van der Waals surface area contributed by atoms with E-state index in [2.05, 4.69) is 4.98 Å². The number of aromatic nitrogens is 1. The first-order valence-electron chi connectivity index (χ1n) is 6.01. The topological polar surface area (TPSA) is 62.7 Å². The molecule has 0 unspecified atom stereocenters. The molecule has 1 N–H and O–H groups in total. The van der Waals surface area contributed by atoms with E-state index < -0.39 is 6.10 Å². The summed E-state index contributed by atoms with van der Waals surface area (Å²) in [6.45, 7) is 3.23. The molecule has 6 heteroatoms. The monoisotopic (exact) mass is 270 g/mol. The lowest BCUT2D eigenvalue weighted by molar-refractivity contribution is -0.145. The van der Waals surface area contributed by atoms with Gasteiger partial charge in [-0.3, -0.25) is 9.69 Å². The van der Waals surface area contributed by atoms with Crippen molar-refractivity contribution in [2.45, 2.75) is 31.9 Å². The second kappa shape index (κ2) is 5.77. The zero-order chi connectivity index (χ0) is 13.1. The molecule has 5 nitrogen and oxygen atoms in total. The molecule has 1 aliphatic heterocycles. The molecule has 0 aromatic carbocycles. The number of carbonyl (C=O) groups excluding carboxylic acids is 1. The molecule has 0 amide bonds. The number of rotatable bonds is 4. The number of aliphatic hydroxyl groups excluding tert-OH is 1. The van der Waals surface area contributed by atoms with Gasteiger partial charge in [-0.05, 0) is 6.92 Å². The Morgan fingerprint density at radius 2 is 2.50 bits per heavy atom. The van der Waals surface area contributed by atoms with E-state index in [0.29, 0.717) is 13.0 Å². The van der Waals surface area contributed by atoms with E-state index in [1.54, 1.807) is 11.3 Å². The third kappa shape index (κ3) is 3.07. The summed E-state index contributed by atoms with van der Waals surface area (Å²) in [7, 11) is 1.38. The smallest absolute Gasteiger partial charge is 0.323 e. The van der Waals surface area contributed by atoms with Gasteiger partial charge in [-0.1, -0.05) is 0 Å². The van der Waals surface area contributed by atoms with Crippen LogP contribution >= 0.6 is 11.3 Å². The van der Waals surface area contributed by atoms with Crippen LogP contribution in [0.1, 0.15) is 17.1 Å². The quantitative estimate of drug-likeness (QED) is 0.812. The van der Waals surface area contributed by atoms with Crippen LogP contribution in [0.2, 0.25) is 0 Å². The minimum Gasteiger partial charge on any atom is -0.468 e. The molecule has 0 radical (unpaired) electrons. The lowest BCUT2D eigenvalue weighted by atomic mass is 10.2. The minimum absolute atomic E-state index is 0.263. The van der Waals surface area contributed by atoms with Crippen LogP contribution in [0.25, 0.3) is 0 Å². The highest BCUT2D eigenvalue weighted by atomic mass is 32.1. The zero-order valence-corrected chi connectivity index (χ0v) is 11.4. The maximum Gasteiger partial charge on any atom is 0.323 e. The number of β-amino-alcohol motifs (C(OH)–C–C–N with tert-alkyl or cyclic N) is 1. The molecule has 100 valence electrons. The Morgan fingerprint density at radius 3 is 3.11 bits per heavy atom. The van der Waals surface area contributed by atoms with Crippen molar-refractivity contribution in [1.29, 1.82) is 0 Å². The van der Waals surface area contributed by atoms with Gasteiger partial charge < -0.3 is 9.84 Å². The summed E-state index contributed by atoms with van der Waals surface area (Å²) < 4.78 is 4.76. The SMILES string of the molecule is COC(=O)[C@@H]1C[C@@H](O)CN1CCc1csc(C)n1. The highest BCUT2D eigenvalue weighted by Gasteiger charge is 2.36. The van der Waals surface area contributed by atoms with Gasteiger partial charge in [0.2, 0.25) is 0 Å². The summed E-state index contributed by atoms with van der Waals surface area (Å²) in [6.07, 6.45) is 0.819. The summed E-state index contributed by atoms with van der Waals surface area (Å²) >= 11 is 1.63. The maximum atomic E-state index is 11.6. The van der Waals surface area contributed by atoms with Crippen molar-refractivity contribution in [2.24, 2.45) is 0 Å². The maximum absolute atomic E-state index is 11.6. The van der Waals surface area contributed by atoms with Crippen molar-refractivity contribution in [3.8, 4) is 0 Å². The molecule has 1 aliphatic rings. The van der Waals surface area contributed by atoms with E-state index in [9.17, 15) is 9.90 Å². The van der Waals surface area contributed by atoms with Crippen molar-refractivity contribution < 1.29 is 14.6 Å².